The van der Waals surface area contributed by atoms with Gasteiger partial charge in [-0.2, -0.15) is 16.9 Å². The highest BCUT2D eigenvalue weighted by molar-refractivity contribution is 8.00. The number of aromatic nitrogens is 7. The minimum Gasteiger partial charge on any atom is -0.379 e. The molecule has 0 saturated carbocycles. The molecular formula is C67H97N15O14S2. The van der Waals surface area contributed by atoms with Crippen molar-refractivity contribution in [1.82, 2.24) is 71.1 Å². The zero-order valence-corrected chi connectivity index (χ0v) is 58.2. The number of morpholine rings is 1. The highest BCUT2D eigenvalue weighted by Gasteiger charge is 2.43. The Labute approximate surface area is 580 Å². The zero-order valence-electron chi connectivity index (χ0n) is 56.6. The van der Waals surface area contributed by atoms with E-state index in [2.05, 4.69) is 57.6 Å². The van der Waals surface area contributed by atoms with E-state index in [0.717, 1.165) is 102 Å². The number of unbranched alkanes of at least 4 members (excludes halogenated alkanes) is 1. The molecule has 9 heterocycles. The topological polar surface area (TPSA) is 323 Å². The van der Waals surface area contributed by atoms with Gasteiger partial charge in [0.2, 0.25) is 23.6 Å². The molecule has 4 aromatic heterocycles. The number of amides is 6. The monoisotopic (exact) mass is 1400 g/mol. The summed E-state index contributed by atoms with van der Waals surface area (Å²) < 4.78 is 48.7. The third-order valence-electron chi connectivity index (χ3n) is 18.1. The van der Waals surface area contributed by atoms with E-state index in [1.165, 1.54) is 11.0 Å². The molecule has 0 spiro atoms. The van der Waals surface area contributed by atoms with Gasteiger partial charge in [-0.15, -0.1) is 16.4 Å². The Kier molecular flexibility index (Phi) is 29.6. The predicted octanol–water partition coefficient (Wildman–Crippen LogP) is 3.99. The van der Waals surface area contributed by atoms with Crippen LogP contribution in [0.15, 0.2) is 42.6 Å². The highest BCUT2D eigenvalue weighted by atomic mass is 32.2. The van der Waals surface area contributed by atoms with Crippen LogP contribution in [0, 0.1) is 0 Å². The number of anilines is 1. The molecule has 5 aliphatic heterocycles. The predicted molar refractivity (Wildman–Crippen MR) is 369 cm³/mol. The van der Waals surface area contributed by atoms with Crippen molar-refractivity contribution < 1.29 is 66.7 Å². The number of nitrogens with zero attached hydrogens (tertiary/aromatic N) is 10. The SMILES string of the molecule is CO[C@H]1CN(C(=O)CCCC(=O)NCCCOCCOCCOCCCNC(=O)CCCC[C@@H]2SC[C@@H]3NC(=O)N[C@@H]32)CCc2c(nnn2CCOCCOC/C=C/C(=O)CCC(=O)N2CCN(Cc3cc4nc(-c5cccc6[nH]ncc56)nc(N5CCOCC5)c4s3)CC2)[C@@H]1OC. The zero-order chi connectivity index (χ0) is 68.3. The molecule has 0 aliphatic carbocycles. The maximum Gasteiger partial charge on any atom is 0.315 e. The molecule has 0 bridgehead atoms. The lowest BCUT2D eigenvalue weighted by atomic mass is 10.0. The van der Waals surface area contributed by atoms with Crippen LogP contribution in [-0.2, 0) is 81.4 Å². The van der Waals surface area contributed by atoms with Crippen LogP contribution >= 0.6 is 23.1 Å². The number of hydrogen-bond donors (Lipinski definition) is 5. The molecule has 5 aromatic rings. The third kappa shape index (κ3) is 21.9. The quantitative estimate of drug-likeness (QED) is 0.0210. The van der Waals surface area contributed by atoms with Crippen LogP contribution in [0.25, 0.3) is 32.5 Å². The van der Waals surface area contributed by atoms with Crippen molar-refractivity contribution in [3.8, 4) is 11.4 Å². The van der Waals surface area contributed by atoms with E-state index in [1.807, 2.05) is 41.1 Å². The van der Waals surface area contributed by atoms with Gasteiger partial charge in [0.15, 0.2) is 17.4 Å². The van der Waals surface area contributed by atoms with E-state index in [4.69, 9.17) is 47.9 Å². The maximum atomic E-state index is 13.6. The van der Waals surface area contributed by atoms with E-state index in [9.17, 15) is 28.8 Å². The van der Waals surface area contributed by atoms with Crippen LogP contribution in [0.1, 0.15) is 93.0 Å². The van der Waals surface area contributed by atoms with Gasteiger partial charge in [-0.3, -0.25) is 34.0 Å². The standard InChI is InChI=1S/C67H97N15O14S2/c1-89-55-45-81(59(86)16-6-15-58(85)69-21-9-32-93-38-41-96-40-37-92-31-8-20-68-57(84)14-4-3-13-56-61-53(46-97-56)72-67(88)73-61)22-19-54-62(63(55)90-2)76-77-82(54)29-35-95-39-36-91-30-7-10-47(83)17-18-60(87)79-25-23-78(24-26-79)44-48-42-52-64(98-48)66(80-27-33-94-34-28-80)74-65(71-52)49-11-5-12-51-50(49)43-70-75-51/h5,7,10-12,42-43,53,55-56,61,63H,3-4,6,8-9,13-41,44-46H2,1-2H3,(H,68,84)(H,69,85)(H,70,75)(H2,72,73,88)/b10-7+/t53-,55-,56-,61-,63+/m0/s1. The first kappa shape index (κ1) is 73.9. The number of urea groups is 1. The minimum atomic E-state index is -0.563. The summed E-state index contributed by atoms with van der Waals surface area (Å²) in [6.07, 6.45) is 10.1. The van der Waals surface area contributed by atoms with Gasteiger partial charge in [0.1, 0.15) is 17.9 Å². The molecule has 536 valence electrons. The van der Waals surface area contributed by atoms with Crippen molar-refractivity contribution in [3.05, 3.63) is 58.9 Å². The Hall–Kier alpha value is -6.78. The number of fused-ring (bicyclic) bond motifs is 4. The molecular weight excluding hydrogens is 1300 g/mol. The minimum absolute atomic E-state index is 0.0231. The molecule has 5 atom stereocenters. The largest absolute Gasteiger partial charge is 0.379 e. The number of carbonyl (C=O) groups is 6. The van der Waals surface area contributed by atoms with Gasteiger partial charge in [-0.1, -0.05) is 29.8 Å². The second-order valence-corrected chi connectivity index (χ2v) is 27.3. The van der Waals surface area contributed by atoms with Crippen LogP contribution in [0.2, 0.25) is 0 Å². The molecule has 31 heteroatoms. The number of methoxy groups -OCH3 is 2. The van der Waals surface area contributed by atoms with Gasteiger partial charge in [-0.25, -0.2) is 19.4 Å². The Bertz CT molecular complexity index is 3390. The van der Waals surface area contributed by atoms with Crippen molar-refractivity contribution >= 4 is 85.5 Å². The van der Waals surface area contributed by atoms with Crippen LogP contribution in [0.4, 0.5) is 10.6 Å². The van der Waals surface area contributed by atoms with E-state index in [1.54, 1.807) is 41.2 Å². The fourth-order valence-electron chi connectivity index (χ4n) is 12.7. The number of H-pyrrole nitrogens is 1. The summed E-state index contributed by atoms with van der Waals surface area (Å²) in [5.74, 6) is 2.23. The van der Waals surface area contributed by atoms with E-state index < -0.39 is 12.2 Å². The smallest absolute Gasteiger partial charge is 0.315 e. The Balaban J connectivity index is 0.524. The van der Waals surface area contributed by atoms with E-state index in [0.29, 0.717) is 161 Å². The normalized spacial score (nSPS) is 19.8. The van der Waals surface area contributed by atoms with Crippen LogP contribution in [-0.4, -0.2) is 273 Å². The summed E-state index contributed by atoms with van der Waals surface area (Å²) in [6.45, 7) is 12.3. The van der Waals surface area contributed by atoms with Crippen molar-refractivity contribution in [2.24, 2.45) is 0 Å². The molecule has 0 radical (unpaired) electrons. The number of carbonyl (C=O) groups excluding carboxylic acids is 6. The van der Waals surface area contributed by atoms with Gasteiger partial charge in [0.25, 0.3) is 0 Å². The number of benzene rings is 1. The first-order valence-corrected chi connectivity index (χ1v) is 36.5. The van der Waals surface area contributed by atoms with Gasteiger partial charge in [0.05, 0.1) is 112 Å². The Morgan fingerprint density at radius 2 is 1.47 bits per heavy atom. The lowest BCUT2D eigenvalue weighted by Crippen LogP contribution is -2.48. The number of piperazine rings is 1. The fraction of sp³-hybridized carbons (Fsp3) is 0.657. The summed E-state index contributed by atoms with van der Waals surface area (Å²) in [5.41, 5.74) is 4.26. The number of allylic oxidation sites excluding steroid dienone is 1. The van der Waals surface area contributed by atoms with Crippen molar-refractivity contribution in [2.75, 3.05) is 170 Å². The number of rotatable bonds is 41. The molecule has 5 N–H and O–H groups in total. The Morgan fingerprint density at radius 1 is 0.745 bits per heavy atom. The summed E-state index contributed by atoms with van der Waals surface area (Å²) >= 11 is 3.62. The van der Waals surface area contributed by atoms with Gasteiger partial charge in [0, 0.05) is 165 Å². The van der Waals surface area contributed by atoms with Crippen molar-refractivity contribution in [1.29, 1.82) is 0 Å². The fourth-order valence-corrected chi connectivity index (χ4v) is 15.4. The first-order chi connectivity index (χ1) is 48.0. The van der Waals surface area contributed by atoms with Crippen molar-refractivity contribution in [3.63, 3.8) is 0 Å². The first-order valence-electron chi connectivity index (χ1n) is 34.6. The molecule has 0 unspecified atom stereocenters. The lowest BCUT2D eigenvalue weighted by Gasteiger charge is -2.34. The average molecular weight is 1400 g/mol. The lowest BCUT2D eigenvalue weighted by molar-refractivity contribution is -0.136. The number of thiophene rings is 1. The second kappa shape index (κ2) is 39.3. The van der Waals surface area contributed by atoms with Gasteiger partial charge in [-0.05, 0) is 50.3 Å². The number of hydrogen-bond acceptors (Lipinski definition) is 23. The molecule has 4 saturated heterocycles. The van der Waals surface area contributed by atoms with Crippen molar-refractivity contribution in [2.45, 2.75) is 120 Å². The number of ketones is 1. The molecule has 10 rings (SSSR count). The number of thioether (sulfide) groups is 1. The van der Waals surface area contributed by atoms with E-state index >= 15 is 0 Å². The van der Waals surface area contributed by atoms with Crippen LogP contribution in [0.3, 0.4) is 0 Å². The average Bonchev–Trinajstić information content (AvgIpc) is 1.55. The summed E-state index contributed by atoms with van der Waals surface area (Å²) in [7, 11) is 3.16. The highest BCUT2D eigenvalue weighted by Crippen LogP contribution is 2.37. The molecule has 6 amide bonds. The molecule has 29 nitrogen and oxygen atoms in total. The molecule has 98 heavy (non-hydrogen) atoms. The molecule has 4 fully saturated rings. The van der Waals surface area contributed by atoms with E-state index in [-0.39, 0.29) is 79.8 Å². The number of ether oxygens (including phenoxy) is 8. The van der Waals surface area contributed by atoms with Crippen LogP contribution < -0.4 is 26.2 Å². The summed E-state index contributed by atoms with van der Waals surface area (Å²) in [4.78, 5) is 95.7. The second-order valence-electron chi connectivity index (χ2n) is 24.9. The van der Waals surface area contributed by atoms with Gasteiger partial charge < -0.3 is 73.9 Å². The van der Waals surface area contributed by atoms with Crippen LogP contribution in [0.5, 0.6) is 0 Å². The summed E-state index contributed by atoms with van der Waals surface area (Å²) in [6, 6.07) is 8.55. The molecule has 5 aliphatic rings. The number of aromatic amines is 1. The summed E-state index contributed by atoms with van der Waals surface area (Å²) in [5, 5.41) is 29.4. The van der Waals surface area contributed by atoms with Gasteiger partial charge >= 0.3 is 6.03 Å². The Morgan fingerprint density at radius 3 is 2.22 bits per heavy atom. The molecule has 1 aromatic carbocycles. The third-order valence-corrected chi connectivity index (χ3v) is 20.7. The maximum absolute atomic E-state index is 13.6. The number of nitrogens with one attached hydrogen (secondary N) is 5.